The first kappa shape index (κ1) is 11.8. The molecule has 0 bridgehead atoms. The maximum Gasteiger partial charge on any atom is 0.347 e. The Balaban J connectivity index is 1.77. The first-order valence-electron chi connectivity index (χ1n) is 6.55. The van der Waals surface area contributed by atoms with Crippen molar-refractivity contribution in [1.29, 1.82) is 0 Å². The van der Waals surface area contributed by atoms with Crippen LogP contribution in [-0.2, 0) is 6.42 Å². The predicted octanol–water partition coefficient (Wildman–Crippen LogP) is 0.620. The first-order valence-corrected chi connectivity index (χ1v) is 6.55. The Hall–Kier alpha value is -2.96. The van der Waals surface area contributed by atoms with Gasteiger partial charge < -0.3 is 4.90 Å². The number of hydrogen-bond donors (Lipinski definition) is 1. The van der Waals surface area contributed by atoms with Gasteiger partial charge in [-0.3, -0.25) is 9.78 Å². The number of aromatic nitrogens is 4. The van der Waals surface area contributed by atoms with E-state index in [1.54, 1.807) is 29.4 Å². The number of hydrogen-bond acceptors (Lipinski definition) is 4. The summed E-state index contributed by atoms with van der Waals surface area (Å²) in [5.74, 6) is -0.142. The van der Waals surface area contributed by atoms with E-state index < -0.39 is 0 Å². The highest BCUT2D eigenvalue weighted by Gasteiger charge is 2.25. The molecule has 4 heterocycles. The maximum absolute atomic E-state index is 12.6. The molecule has 104 valence electrons. The van der Waals surface area contributed by atoms with Crippen LogP contribution < -0.4 is 10.6 Å². The lowest BCUT2D eigenvalue weighted by atomic mass is 10.2. The summed E-state index contributed by atoms with van der Waals surface area (Å²) in [4.78, 5) is 30.0. The average molecular weight is 281 g/mol. The number of pyridine rings is 2. The van der Waals surface area contributed by atoms with Gasteiger partial charge >= 0.3 is 5.69 Å². The highest BCUT2D eigenvalue weighted by atomic mass is 16.2. The van der Waals surface area contributed by atoms with E-state index in [1.807, 2.05) is 6.07 Å². The molecule has 7 heteroatoms. The van der Waals surface area contributed by atoms with Crippen LogP contribution in [0.1, 0.15) is 15.9 Å². The van der Waals surface area contributed by atoms with Gasteiger partial charge in [0.05, 0.1) is 17.4 Å². The molecule has 3 aromatic rings. The molecule has 1 aliphatic rings. The summed E-state index contributed by atoms with van der Waals surface area (Å²) < 4.78 is 1.33. The largest absolute Gasteiger partial charge is 0.347 e. The predicted molar refractivity (Wildman–Crippen MR) is 75.4 cm³/mol. The minimum Gasteiger partial charge on any atom is -0.306 e. The molecule has 0 fully saturated rings. The van der Waals surface area contributed by atoms with Gasteiger partial charge in [0.15, 0.2) is 5.65 Å². The topological polar surface area (TPSA) is 83.4 Å². The van der Waals surface area contributed by atoms with Crippen molar-refractivity contribution >= 4 is 17.2 Å². The van der Waals surface area contributed by atoms with Gasteiger partial charge in [0, 0.05) is 18.9 Å². The molecule has 0 aliphatic carbocycles. The molecule has 1 N–H and O–H groups in total. The summed E-state index contributed by atoms with van der Waals surface area (Å²) in [7, 11) is 0. The van der Waals surface area contributed by atoms with Crippen molar-refractivity contribution in [2.24, 2.45) is 0 Å². The van der Waals surface area contributed by atoms with Crippen LogP contribution >= 0.6 is 0 Å². The number of fused-ring (bicyclic) bond motifs is 2. The summed E-state index contributed by atoms with van der Waals surface area (Å²) in [5.41, 5.74) is 2.52. The molecule has 0 radical (unpaired) electrons. The second-order valence-corrected chi connectivity index (χ2v) is 4.89. The van der Waals surface area contributed by atoms with Crippen LogP contribution in [0, 0.1) is 0 Å². The van der Waals surface area contributed by atoms with Gasteiger partial charge in [0.2, 0.25) is 0 Å². The number of anilines is 1. The quantitative estimate of drug-likeness (QED) is 0.708. The Morgan fingerprint density at radius 3 is 3.10 bits per heavy atom. The molecular formula is C14H11N5O2. The molecule has 3 aromatic heterocycles. The molecule has 0 atom stereocenters. The summed E-state index contributed by atoms with van der Waals surface area (Å²) in [6.07, 6.45) is 5.75. The zero-order chi connectivity index (χ0) is 14.4. The van der Waals surface area contributed by atoms with E-state index in [-0.39, 0.29) is 11.6 Å². The fourth-order valence-corrected chi connectivity index (χ4v) is 2.62. The highest BCUT2D eigenvalue weighted by molar-refractivity contribution is 6.07. The van der Waals surface area contributed by atoms with Gasteiger partial charge in [-0.2, -0.15) is 5.10 Å². The van der Waals surface area contributed by atoms with E-state index in [9.17, 15) is 9.59 Å². The van der Waals surface area contributed by atoms with Crippen molar-refractivity contribution in [1.82, 2.24) is 19.6 Å². The van der Waals surface area contributed by atoms with Crippen LogP contribution in [0.5, 0.6) is 0 Å². The second-order valence-electron chi connectivity index (χ2n) is 4.89. The van der Waals surface area contributed by atoms with Gasteiger partial charge in [-0.1, -0.05) is 0 Å². The number of rotatable bonds is 1. The van der Waals surface area contributed by atoms with E-state index in [0.29, 0.717) is 17.8 Å². The Morgan fingerprint density at radius 2 is 2.19 bits per heavy atom. The number of amides is 1. The van der Waals surface area contributed by atoms with Crippen LogP contribution in [0.4, 0.5) is 5.69 Å². The standard InChI is InChI=1S/C14H11N5O2/c20-13(18-6-4-9-3-5-15-7-11(9)18)10-1-2-12-16-17-14(21)19(12)8-10/h1-3,5,7-8H,4,6H2,(H,17,21). The van der Waals surface area contributed by atoms with Crippen LogP contribution in [0.25, 0.3) is 5.65 Å². The van der Waals surface area contributed by atoms with E-state index in [4.69, 9.17) is 0 Å². The minimum absolute atomic E-state index is 0.142. The smallest absolute Gasteiger partial charge is 0.306 e. The Bertz CT molecular complexity index is 911. The molecule has 0 aromatic carbocycles. The summed E-state index contributed by atoms with van der Waals surface area (Å²) in [5, 5.41) is 6.19. The third kappa shape index (κ3) is 1.74. The number of carbonyl (C=O) groups is 1. The zero-order valence-electron chi connectivity index (χ0n) is 11.0. The Labute approximate surface area is 118 Å². The fourth-order valence-electron chi connectivity index (χ4n) is 2.62. The van der Waals surface area contributed by atoms with E-state index in [0.717, 1.165) is 17.7 Å². The number of nitrogens with one attached hydrogen (secondary N) is 1. The van der Waals surface area contributed by atoms with Crippen LogP contribution in [0.3, 0.4) is 0 Å². The summed E-state index contributed by atoms with van der Waals surface area (Å²) >= 11 is 0. The lowest BCUT2D eigenvalue weighted by molar-refractivity contribution is 0.0989. The SMILES string of the molecule is O=C(c1ccc2n[nH]c(=O)n2c1)N1CCc2ccncc21. The molecule has 0 spiro atoms. The van der Waals surface area contributed by atoms with E-state index in [2.05, 4.69) is 15.2 Å². The van der Waals surface area contributed by atoms with Crippen molar-refractivity contribution in [2.45, 2.75) is 6.42 Å². The van der Waals surface area contributed by atoms with Crippen LogP contribution in [0.2, 0.25) is 0 Å². The van der Waals surface area contributed by atoms with Crippen molar-refractivity contribution in [3.63, 3.8) is 0 Å². The van der Waals surface area contributed by atoms with Gasteiger partial charge in [0.25, 0.3) is 5.91 Å². The molecule has 1 aliphatic heterocycles. The Kier molecular flexibility index (Phi) is 2.41. The summed E-state index contributed by atoms with van der Waals surface area (Å²) in [6, 6.07) is 5.24. The van der Waals surface area contributed by atoms with Gasteiger partial charge in [-0.15, -0.1) is 0 Å². The molecule has 0 saturated carbocycles. The van der Waals surface area contributed by atoms with Crippen molar-refractivity contribution < 1.29 is 4.79 Å². The van der Waals surface area contributed by atoms with Crippen LogP contribution in [-0.4, -0.2) is 32.0 Å². The molecule has 7 nitrogen and oxygen atoms in total. The third-order valence-electron chi connectivity index (χ3n) is 3.69. The van der Waals surface area contributed by atoms with Crippen molar-refractivity contribution in [3.05, 3.63) is 58.4 Å². The zero-order valence-corrected chi connectivity index (χ0v) is 11.0. The summed E-state index contributed by atoms with van der Waals surface area (Å²) in [6.45, 7) is 0.623. The monoisotopic (exact) mass is 281 g/mol. The molecule has 0 saturated heterocycles. The van der Waals surface area contributed by atoms with E-state index >= 15 is 0 Å². The molecule has 0 unspecified atom stereocenters. The average Bonchev–Trinajstić information content (AvgIpc) is 3.10. The van der Waals surface area contributed by atoms with Crippen molar-refractivity contribution in [2.75, 3.05) is 11.4 Å². The molecule has 21 heavy (non-hydrogen) atoms. The van der Waals surface area contributed by atoms with E-state index in [1.165, 1.54) is 10.6 Å². The van der Waals surface area contributed by atoms with Crippen LogP contribution in [0.15, 0.2) is 41.6 Å². The molecule has 4 rings (SSSR count). The van der Waals surface area contributed by atoms with Gasteiger partial charge in [0.1, 0.15) is 0 Å². The first-order chi connectivity index (χ1) is 10.2. The number of nitrogens with zero attached hydrogens (tertiary/aromatic N) is 4. The minimum atomic E-state index is -0.358. The fraction of sp³-hybridized carbons (Fsp3) is 0.143. The lowest BCUT2D eigenvalue weighted by Crippen LogP contribution is -2.29. The number of aromatic amines is 1. The molecular weight excluding hydrogens is 270 g/mol. The molecule has 1 amide bonds. The lowest BCUT2D eigenvalue weighted by Gasteiger charge is -2.16. The number of H-pyrrole nitrogens is 1. The highest BCUT2D eigenvalue weighted by Crippen LogP contribution is 2.27. The van der Waals surface area contributed by atoms with Gasteiger partial charge in [-0.05, 0) is 30.2 Å². The van der Waals surface area contributed by atoms with Gasteiger partial charge in [-0.25, -0.2) is 14.3 Å². The third-order valence-corrected chi connectivity index (χ3v) is 3.69. The number of carbonyl (C=O) groups excluding carboxylic acids is 1. The Morgan fingerprint density at radius 1 is 1.29 bits per heavy atom. The normalized spacial score (nSPS) is 13.6. The van der Waals surface area contributed by atoms with Crippen molar-refractivity contribution in [3.8, 4) is 0 Å². The second kappa shape index (κ2) is 4.27. The maximum atomic E-state index is 12.6.